The van der Waals surface area contributed by atoms with Crippen molar-refractivity contribution in [2.75, 3.05) is 68.9 Å². The number of amides is 7. The number of hydrogen-bond donors (Lipinski definition) is 7. The predicted octanol–water partition coefficient (Wildman–Crippen LogP) is 20.7. The first-order valence-corrected chi connectivity index (χ1v) is 42.3. The van der Waals surface area contributed by atoms with Gasteiger partial charge in [-0.2, -0.15) is 0 Å². The molecule has 0 fully saturated rings. The maximum absolute atomic E-state index is 13.2. The first-order chi connectivity index (χ1) is 59.7. The van der Waals surface area contributed by atoms with E-state index in [0.717, 1.165) is 161 Å². The lowest BCUT2D eigenvalue weighted by Crippen LogP contribution is -2.27. The Morgan fingerprint density at radius 2 is 0.664 bits per heavy atom. The fraction of sp³-hybridized carbons (Fsp3) is 0.125. The normalized spacial score (nSPS) is 14.2. The summed E-state index contributed by atoms with van der Waals surface area (Å²) in [5.74, 6) is 3.08. The van der Waals surface area contributed by atoms with E-state index >= 15 is 0 Å². The Kier molecular flexibility index (Phi) is 25.8. The van der Waals surface area contributed by atoms with E-state index in [0.29, 0.717) is 74.6 Å². The molecule has 12 heterocycles. The number of pyridine rings is 6. The molecule has 0 saturated carbocycles. The summed E-state index contributed by atoms with van der Waals surface area (Å²) in [6, 6.07) is 66.6. The molecular weight excluding hydrogens is 1600 g/mol. The summed E-state index contributed by atoms with van der Waals surface area (Å²) < 4.78 is 37.5. The lowest BCUT2D eigenvalue weighted by atomic mass is 9.97. The van der Waals surface area contributed by atoms with Crippen molar-refractivity contribution in [1.82, 2.24) is 35.2 Å². The Labute approximate surface area is 713 Å². The number of fused-ring (bicyclic) bond motifs is 9. The number of nitrogens with one attached hydrogen (secondary N) is 7. The molecule has 0 atom stereocenters. The highest BCUT2D eigenvalue weighted by Crippen LogP contribution is 2.42. The van der Waals surface area contributed by atoms with Gasteiger partial charge < -0.3 is 46.7 Å². The Hall–Kier alpha value is -14.2. The lowest BCUT2D eigenvalue weighted by molar-refractivity contribution is -0.117. The fourth-order valence-corrected chi connectivity index (χ4v) is 17.2. The van der Waals surface area contributed by atoms with Crippen LogP contribution in [0, 0.1) is 11.6 Å². The van der Waals surface area contributed by atoms with E-state index < -0.39 is 0 Å². The van der Waals surface area contributed by atoms with Gasteiger partial charge in [-0.25, -0.2) is 13.6 Å². The Bertz CT molecular complexity index is 6010. The van der Waals surface area contributed by atoms with Gasteiger partial charge >= 0.3 is 6.03 Å². The number of rotatable bonds is 6. The zero-order valence-electron chi connectivity index (χ0n) is 65.5. The quantitative estimate of drug-likeness (QED) is 0.0814. The molecule has 15 aromatic rings. The summed E-state index contributed by atoms with van der Waals surface area (Å²) in [5, 5.41) is 27.0. The van der Waals surface area contributed by atoms with Gasteiger partial charge in [0, 0.05) is 175 Å². The molecule has 0 saturated heterocycles. The number of anilines is 6. The number of carbonyl (C=O) groups excluding carboxylic acids is 6. The molecule has 21 nitrogen and oxygen atoms in total. The van der Waals surface area contributed by atoms with Crippen LogP contribution in [0.2, 0.25) is 0 Å². The molecule has 0 bridgehead atoms. The van der Waals surface area contributed by atoms with Crippen molar-refractivity contribution in [3.05, 3.63) is 298 Å². The van der Waals surface area contributed by atoms with Crippen LogP contribution in [-0.2, 0) is 30.4 Å². The van der Waals surface area contributed by atoms with Gasteiger partial charge in [0.15, 0.2) is 0 Å². The molecule has 6 aliphatic heterocycles. The molecule has 6 aliphatic rings. The topological polar surface area (TPSA) is 282 Å². The van der Waals surface area contributed by atoms with Gasteiger partial charge in [0.1, 0.15) is 23.1 Å². The third kappa shape index (κ3) is 20.4. The summed E-state index contributed by atoms with van der Waals surface area (Å²) in [4.78, 5) is 97.2. The largest absolute Gasteiger partial charge is 0.491 e. The predicted molar refractivity (Wildman–Crippen MR) is 481 cm³/mol. The summed E-state index contributed by atoms with van der Waals surface area (Å²) in [6.45, 7) is 1.38. The van der Waals surface area contributed by atoms with Crippen molar-refractivity contribution in [1.29, 1.82) is 0 Å². The maximum Gasteiger partial charge on any atom is 0.319 e. The minimum absolute atomic E-state index is 0.0154. The van der Waals surface area contributed by atoms with Gasteiger partial charge in [-0.1, -0.05) is 115 Å². The number of hydrogen-bond acceptors (Lipinski definition) is 17. The van der Waals surface area contributed by atoms with Crippen LogP contribution in [0.25, 0.3) is 99.1 Å². The molecule has 6 aromatic heterocycles. The Morgan fingerprint density at radius 3 is 1.12 bits per heavy atom. The maximum atomic E-state index is 13.2. The number of benzene rings is 9. The third-order valence-electron chi connectivity index (χ3n) is 20.3. The van der Waals surface area contributed by atoms with Crippen molar-refractivity contribution in [2.24, 2.45) is 0 Å². The van der Waals surface area contributed by atoms with Gasteiger partial charge in [-0.3, -0.25) is 53.9 Å². The number of carbonyl (C=O) groups is 6. The summed E-state index contributed by atoms with van der Waals surface area (Å²) in [7, 11) is 0. The third-order valence-corrected chi connectivity index (χ3v) is 23.4. The van der Waals surface area contributed by atoms with Crippen LogP contribution in [0.3, 0.4) is 0 Å². The number of nitrogens with zero attached hydrogens (tertiary/aromatic N) is 6. The highest BCUT2D eigenvalue weighted by atomic mass is 32.2. The Balaban J connectivity index is 0.000000109. The van der Waals surface area contributed by atoms with Crippen LogP contribution in [0.5, 0.6) is 11.5 Å². The average molecular weight is 1670 g/mol. The van der Waals surface area contributed by atoms with Crippen molar-refractivity contribution < 1.29 is 47.0 Å². The summed E-state index contributed by atoms with van der Waals surface area (Å²) >= 11 is 5.07. The van der Waals surface area contributed by atoms with E-state index in [4.69, 9.17) is 9.47 Å². The van der Waals surface area contributed by atoms with Gasteiger partial charge in [0.05, 0.1) is 66.9 Å². The van der Waals surface area contributed by atoms with Crippen molar-refractivity contribution in [2.45, 2.75) is 53.2 Å². The molecule has 26 heteroatoms. The molecule has 7 amide bonds. The molecule has 0 radical (unpaired) electrons. The zero-order chi connectivity index (χ0) is 83.7. The number of aromatic nitrogens is 6. The first-order valence-electron chi connectivity index (χ1n) is 39.3. The number of urea groups is 1. The molecule has 0 aliphatic carbocycles. The second-order valence-electron chi connectivity index (χ2n) is 28.5. The van der Waals surface area contributed by atoms with E-state index in [1.165, 1.54) is 29.1 Å². The van der Waals surface area contributed by atoms with Gasteiger partial charge in [0.2, 0.25) is 29.5 Å². The monoisotopic (exact) mass is 1670 g/mol. The smallest absolute Gasteiger partial charge is 0.319 e. The van der Waals surface area contributed by atoms with E-state index in [2.05, 4.69) is 122 Å². The standard InChI is InChI=1S/C18H15N3O.C18H14N2O2.C18H14N2OS.C14H11FN2O2.C14H11FN2OS.C14H12N2OS/c22-18-20-8-7-13-9-12(5-6-17(13)21-18)16-11-19-10-14-3-1-2-4-15(14)16;2*21-18-7-8-22-17-9-12(5-6-16(17)20-18)15-11-19-10-13-3-1-2-4-14(13)15;2*15-11-5-10(7-16-8-11)9-1-2-12-13(6-9)19-4-3-14(18)17-12;17-14-5-7-18-13-8-10(3-4-12(13)16-14)11-2-1-6-15-9-11/h1-6,9-11H,7-8H2,(H2,20,21,22);2*1-6,9-11H,7-8H2,(H,20,21);2*1-2,5-8H,3-4H2,(H,17,18);1-4,6,8-9H,5,7H2,(H,16,17). The van der Waals surface area contributed by atoms with Crippen molar-refractivity contribution in [3.8, 4) is 78.3 Å². The van der Waals surface area contributed by atoms with Gasteiger partial charge in [-0.15, -0.1) is 35.3 Å². The highest BCUT2D eigenvalue weighted by molar-refractivity contribution is 8.00. The SMILES string of the molecule is O=C1CCOc2cc(-c3cncc(F)c3)ccc2N1.O=C1CCOc2cc(-c3cncc4ccccc34)ccc2N1.O=C1CCSc2cc(-c3cccnc3)ccc2N1.O=C1CCSc2cc(-c3cncc(F)c3)ccc2N1.O=C1CCSc2cc(-c3cncc4ccccc34)ccc2N1.O=C1NCCc2cc(-c3cncc4ccccc34)ccc2N1. The molecule has 21 rings (SSSR count). The number of thioether (sulfide) groups is 3. The van der Waals surface area contributed by atoms with E-state index in [1.807, 2.05) is 165 Å². The minimum Gasteiger partial charge on any atom is -0.491 e. The zero-order valence-corrected chi connectivity index (χ0v) is 67.9. The van der Waals surface area contributed by atoms with Crippen molar-refractivity contribution >= 4 is 137 Å². The van der Waals surface area contributed by atoms with E-state index in [1.54, 1.807) is 72.1 Å². The van der Waals surface area contributed by atoms with Crippen molar-refractivity contribution in [3.63, 3.8) is 0 Å². The van der Waals surface area contributed by atoms with Crippen LogP contribution in [0.15, 0.2) is 295 Å². The average Bonchev–Trinajstić information content (AvgIpc) is 1.00. The van der Waals surface area contributed by atoms with Crippen LogP contribution >= 0.6 is 35.3 Å². The first kappa shape index (κ1) is 81.5. The minimum atomic E-state index is -0.387. The molecule has 0 spiro atoms. The van der Waals surface area contributed by atoms with Crippen LogP contribution in [0.4, 0.5) is 47.7 Å². The molecule has 9 aromatic carbocycles. The van der Waals surface area contributed by atoms with Gasteiger partial charge in [-0.05, 0) is 153 Å². The summed E-state index contributed by atoms with van der Waals surface area (Å²) in [6.07, 6.45) is 23.6. The molecule has 0 unspecified atom stereocenters. The molecule has 122 heavy (non-hydrogen) atoms. The Morgan fingerprint density at radius 1 is 0.295 bits per heavy atom. The number of halogens is 2. The van der Waals surface area contributed by atoms with Gasteiger partial charge in [0.25, 0.3) is 0 Å². The van der Waals surface area contributed by atoms with Crippen LogP contribution in [-0.4, -0.2) is 102 Å². The molecule has 7 N–H and O–H groups in total. The second-order valence-corrected chi connectivity index (χ2v) is 32.0. The molecular formula is C96H77F2N13O8S3. The second kappa shape index (κ2) is 38.7. The highest BCUT2D eigenvalue weighted by Gasteiger charge is 2.22. The van der Waals surface area contributed by atoms with E-state index in [9.17, 15) is 37.5 Å². The number of ether oxygens (including phenoxy) is 2. The molecule has 606 valence electrons. The summed E-state index contributed by atoms with van der Waals surface area (Å²) in [5.41, 5.74) is 17.9. The van der Waals surface area contributed by atoms with E-state index in [-0.39, 0.29) is 47.2 Å². The lowest BCUT2D eigenvalue weighted by Gasteiger charge is -2.11. The van der Waals surface area contributed by atoms with Crippen LogP contribution in [0.1, 0.15) is 37.7 Å². The van der Waals surface area contributed by atoms with Crippen LogP contribution < -0.4 is 46.7 Å². The fourth-order valence-electron chi connectivity index (χ4n) is 14.2.